The number of hydrogen-bond donors (Lipinski definition) is 2. The maximum Gasteiger partial charge on any atom is 0.0485 e. The molecular weight excluding hydrogens is 198 g/mol. The molecule has 0 saturated carbocycles. The second-order valence-electron chi connectivity index (χ2n) is 4.90. The second-order valence-corrected chi connectivity index (χ2v) is 4.90. The van der Waals surface area contributed by atoms with Gasteiger partial charge in [0.25, 0.3) is 0 Å². The molecule has 1 aromatic rings. The van der Waals surface area contributed by atoms with Crippen LogP contribution in [-0.2, 0) is 5.41 Å². The Morgan fingerprint density at radius 2 is 2.06 bits per heavy atom. The fourth-order valence-electron chi connectivity index (χ4n) is 2.53. The van der Waals surface area contributed by atoms with Gasteiger partial charge in [0.05, 0.1) is 0 Å². The first-order valence-corrected chi connectivity index (χ1v) is 5.97. The minimum absolute atomic E-state index is 0.309. The van der Waals surface area contributed by atoms with E-state index in [0.717, 1.165) is 12.2 Å². The van der Waals surface area contributed by atoms with Crippen molar-refractivity contribution in [3.05, 3.63) is 29.8 Å². The Morgan fingerprint density at radius 3 is 2.56 bits per heavy atom. The highest BCUT2D eigenvalue weighted by Gasteiger charge is 2.34. The van der Waals surface area contributed by atoms with Gasteiger partial charge in [-0.05, 0) is 37.2 Å². The van der Waals surface area contributed by atoms with E-state index in [1.807, 2.05) is 0 Å². The molecule has 88 valence electrons. The summed E-state index contributed by atoms with van der Waals surface area (Å²) in [5, 5.41) is 0. The van der Waals surface area contributed by atoms with E-state index in [1.165, 1.54) is 25.1 Å². The van der Waals surface area contributed by atoms with Crippen molar-refractivity contribution in [2.24, 2.45) is 5.84 Å². The van der Waals surface area contributed by atoms with Crippen LogP contribution in [0.4, 0.5) is 5.69 Å². The van der Waals surface area contributed by atoms with Gasteiger partial charge in [-0.1, -0.05) is 26.0 Å². The fourth-order valence-corrected chi connectivity index (χ4v) is 2.53. The average Bonchev–Trinajstić information content (AvgIpc) is 2.73. The summed E-state index contributed by atoms with van der Waals surface area (Å²) in [6.07, 6.45) is 1.25. The molecule has 3 heteroatoms. The number of hydrazine groups is 1. The molecule has 0 radical (unpaired) electrons. The number of nitrogen functional groups attached to an aromatic ring is 1. The van der Waals surface area contributed by atoms with Crippen molar-refractivity contribution in [3.63, 3.8) is 0 Å². The highest BCUT2D eigenvalue weighted by atomic mass is 15.2. The first kappa shape index (κ1) is 11.4. The zero-order valence-electron chi connectivity index (χ0n) is 10.2. The first-order valence-electron chi connectivity index (χ1n) is 5.97. The van der Waals surface area contributed by atoms with E-state index >= 15 is 0 Å². The quantitative estimate of drug-likeness (QED) is 0.603. The van der Waals surface area contributed by atoms with Gasteiger partial charge >= 0.3 is 0 Å². The number of benzene rings is 1. The van der Waals surface area contributed by atoms with Crippen LogP contribution in [0.15, 0.2) is 24.3 Å². The lowest BCUT2D eigenvalue weighted by atomic mass is 9.82. The number of anilines is 1. The van der Waals surface area contributed by atoms with Crippen LogP contribution in [0.3, 0.4) is 0 Å². The smallest absolute Gasteiger partial charge is 0.0485 e. The second kappa shape index (κ2) is 4.44. The van der Waals surface area contributed by atoms with E-state index < -0.39 is 0 Å². The van der Waals surface area contributed by atoms with Crippen molar-refractivity contribution in [1.29, 1.82) is 0 Å². The molecule has 0 spiro atoms. The highest BCUT2D eigenvalue weighted by Crippen LogP contribution is 2.34. The molecule has 1 unspecified atom stereocenters. The molecule has 1 aliphatic heterocycles. The Morgan fingerprint density at radius 1 is 1.38 bits per heavy atom. The van der Waals surface area contributed by atoms with Gasteiger partial charge in [-0.25, -0.2) is 0 Å². The molecule has 0 amide bonds. The molecule has 0 aromatic heterocycles. The van der Waals surface area contributed by atoms with Crippen molar-refractivity contribution >= 4 is 5.69 Å². The number of likely N-dealkylation sites (N-methyl/N-ethyl adjacent to an activating group) is 1. The molecule has 16 heavy (non-hydrogen) atoms. The number of likely N-dealkylation sites (tertiary alicyclic amines) is 1. The summed E-state index contributed by atoms with van der Waals surface area (Å²) in [4.78, 5) is 2.51. The molecule has 3 N–H and O–H groups in total. The number of nitrogens with zero attached hydrogens (tertiary/aromatic N) is 1. The standard InChI is InChI=1S/C13H21N3/c1-3-16-9-8-13(2,10-16)11-4-6-12(15-14)7-5-11/h4-7,15H,3,8-10,14H2,1-2H3. The van der Waals surface area contributed by atoms with E-state index in [1.54, 1.807) is 0 Å². The molecule has 0 aliphatic carbocycles. The van der Waals surface area contributed by atoms with Crippen LogP contribution in [0.25, 0.3) is 0 Å². The summed E-state index contributed by atoms with van der Waals surface area (Å²) in [5.41, 5.74) is 5.36. The van der Waals surface area contributed by atoms with Crippen molar-refractivity contribution in [1.82, 2.24) is 4.90 Å². The van der Waals surface area contributed by atoms with Crippen molar-refractivity contribution < 1.29 is 0 Å². The Kier molecular flexibility index (Phi) is 3.17. The summed E-state index contributed by atoms with van der Waals surface area (Å²) >= 11 is 0. The van der Waals surface area contributed by atoms with Crippen LogP contribution in [-0.4, -0.2) is 24.5 Å². The van der Waals surface area contributed by atoms with Crippen LogP contribution < -0.4 is 11.3 Å². The van der Waals surface area contributed by atoms with Crippen molar-refractivity contribution in [3.8, 4) is 0 Å². The van der Waals surface area contributed by atoms with Crippen LogP contribution >= 0.6 is 0 Å². The topological polar surface area (TPSA) is 41.3 Å². The maximum atomic E-state index is 5.37. The Labute approximate surface area is 97.6 Å². The van der Waals surface area contributed by atoms with Gasteiger partial charge in [-0.3, -0.25) is 5.84 Å². The molecule has 2 rings (SSSR count). The number of hydrogen-bond acceptors (Lipinski definition) is 3. The zero-order valence-corrected chi connectivity index (χ0v) is 10.2. The van der Waals surface area contributed by atoms with Crippen LogP contribution in [0.2, 0.25) is 0 Å². The van der Waals surface area contributed by atoms with Crippen molar-refractivity contribution in [2.45, 2.75) is 25.7 Å². The molecule has 0 bridgehead atoms. The minimum atomic E-state index is 0.309. The summed E-state index contributed by atoms with van der Waals surface area (Å²) in [6, 6.07) is 8.48. The molecule has 1 atom stereocenters. The third kappa shape index (κ3) is 2.06. The third-order valence-corrected chi connectivity index (χ3v) is 3.75. The normalized spacial score (nSPS) is 25.9. The predicted octanol–water partition coefficient (Wildman–Crippen LogP) is 1.96. The monoisotopic (exact) mass is 219 g/mol. The zero-order chi connectivity index (χ0) is 11.6. The van der Waals surface area contributed by atoms with Crippen LogP contribution in [0.5, 0.6) is 0 Å². The lowest BCUT2D eigenvalue weighted by molar-refractivity contribution is 0.333. The van der Waals surface area contributed by atoms with Gasteiger partial charge < -0.3 is 10.3 Å². The lowest BCUT2D eigenvalue weighted by Crippen LogP contribution is -2.28. The molecule has 1 aromatic carbocycles. The molecule has 1 saturated heterocycles. The summed E-state index contributed by atoms with van der Waals surface area (Å²) < 4.78 is 0. The largest absolute Gasteiger partial charge is 0.324 e. The van der Waals surface area contributed by atoms with E-state index in [9.17, 15) is 0 Å². The number of nitrogens with one attached hydrogen (secondary N) is 1. The maximum absolute atomic E-state index is 5.37. The van der Waals surface area contributed by atoms with Gasteiger partial charge in [0.1, 0.15) is 0 Å². The van der Waals surface area contributed by atoms with E-state index in [-0.39, 0.29) is 0 Å². The SMILES string of the molecule is CCN1CCC(C)(c2ccc(NN)cc2)C1. The van der Waals surface area contributed by atoms with Gasteiger partial charge in [-0.15, -0.1) is 0 Å². The number of rotatable bonds is 3. The Hall–Kier alpha value is -1.06. The highest BCUT2D eigenvalue weighted by molar-refractivity contribution is 5.45. The predicted molar refractivity (Wildman–Crippen MR) is 68.3 cm³/mol. The van der Waals surface area contributed by atoms with E-state index in [4.69, 9.17) is 5.84 Å². The first-order chi connectivity index (χ1) is 7.68. The molecule has 1 heterocycles. The van der Waals surface area contributed by atoms with Crippen LogP contribution in [0, 0.1) is 0 Å². The van der Waals surface area contributed by atoms with Gasteiger partial charge in [0.15, 0.2) is 0 Å². The average molecular weight is 219 g/mol. The third-order valence-electron chi connectivity index (χ3n) is 3.75. The summed E-state index contributed by atoms with van der Waals surface area (Å²) in [7, 11) is 0. The fraction of sp³-hybridized carbons (Fsp3) is 0.538. The van der Waals surface area contributed by atoms with Crippen LogP contribution in [0.1, 0.15) is 25.8 Å². The molecule has 1 fully saturated rings. The molecule has 3 nitrogen and oxygen atoms in total. The van der Waals surface area contributed by atoms with E-state index in [0.29, 0.717) is 5.41 Å². The van der Waals surface area contributed by atoms with Gasteiger partial charge in [0, 0.05) is 17.6 Å². The lowest BCUT2D eigenvalue weighted by Gasteiger charge is -2.25. The summed E-state index contributed by atoms with van der Waals surface area (Å²) in [6.45, 7) is 8.11. The van der Waals surface area contributed by atoms with Crippen molar-refractivity contribution in [2.75, 3.05) is 25.1 Å². The van der Waals surface area contributed by atoms with Gasteiger partial charge in [0.2, 0.25) is 0 Å². The minimum Gasteiger partial charge on any atom is -0.324 e. The van der Waals surface area contributed by atoms with Gasteiger partial charge in [-0.2, -0.15) is 0 Å². The molecule has 1 aliphatic rings. The summed E-state index contributed by atoms with van der Waals surface area (Å²) in [5.74, 6) is 5.37. The molecular formula is C13H21N3. The number of nitrogens with two attached hydrogens (primary N) is 1. The van der Waals surface area contributed by atoms with E-state index in [2.05, 4.69) is 48.4 Å². The Balaban J connectivity index is 2.17. The Bertz CT molecular complexity index is 347.